The van der Waals surface area contributed by atoms with Crippen LogP contribution in [0.3, 0.4) is 0 Å². The number of nitrogens with zero attached hydrogens (tertiary/aromatic N) is 2. The number of carboxylic acid groups (broad SMARTS) is 1. The SMILES string of the molecule is CC[C@@H]1NC(=O)[C@H](CCCN=C(N)N)NC(=O)[C@](C)(NC(=O)C(C)C)CCCCN(C)C(=O)[C@@H](c2ccc(Cl)cc2)NC1=O.O=C(O)C(F)(F)F. The van der Waals surface area contributed by atoms with Crippen LogP contribution in [0.15, 0.2) is 29.3 Å². The number of aliphatic imine (C=N–C) groups is 1. The van der Waals surface area contributed by atoms with Crippen LogP contribution < -0.4 is 32.7 Å². The van der Waals surface area contributed by atoms with Gasteiger partial charge in [0.2, 0.25) is 29.5 Å². The Morgan fingerprint density at radius 1 is 1.06 bits per heavy atom. The van der Waals surface area contributed by atoms with Gasteiger partial charge in [0.05, 0.1) is 0 Å². The predicted octanol–water partition coefficient (Wildman–Crippen LogP) is 1.74. The number of carboxylic acids is 1. The van der Waals surface area contributed by atoms with Crippen LogP contribution in [-0.2, 0) is 28.8 Å². The maximum atomic E-state index is 13.7. The minimum atomic E-state index is -5.08. The standard InChI is InChI=1S/C30H47ClN8O5.C2HF3O2/c1-6-21-25(41)37-23(19-11-13-20(31)14-12-19)27(43)39(5)17-8-7-15-30(4,38-24(40)18(2)3)28(44)36-22(26(42)35-21)10-9-16-34-29(32)33;3-2(4,5)1(6)7/h11-14,18,21-23H,6-10,15-17H2,1-5H3,(H,35,42)(H,36,44)(H,37,41)(H,38,40)(H4,32,33,34);(H,6,7)/t21-,22-,23+,30+;/m0./s1. The summed E-state index contributed by atoms with van der Waals surface area (Å²) in [5.41, 5.74) is 10.0. The molecule has 0 aliphatic carbocycles. The van der Waals surface area contributed by atoms with E-state index in [0.29, 0.717) is 36.4 Å². The van der Waals surface area contributed by atoms with Gasteiger partial charge in [-0.05, 0) is 63.1 Å². The van der Waals surface area contributed by atoms with Crippen LogP contribution in [-0.4, -0.2) is 95.4 Å². The maximum Gasteiger partial charge on any atom is 0.490 e. The first kappa shape index (κ1) is 44.4. The Morgan fingerprint density at radius 3 is 2.14 bits per heavy atom. The fourth-order valence-corrected chi connectivity index (χ4v) is 4.83. The molecule has 0 aromatic heterocycles. The average molecular weight is 749 g/mol. The molecular weight excluding hydrogens is 701 g/mol. The lowest BCUT2D eigenvalue weighted by Crippen LogP contribution is -2.62. The molecule has 2 rings (SSSR count). The molecule has 286 valence electrons. The lowest BCUT2D eigenvalue weighted by molar-refractivity contribution is -0.192. The van der Waals surface area contributed by atoms with Crippen molar-refractivity contribution in [2.75, 3.05) is 20.1 Å². The average Bonchev–Trinajstić information content (AvgIpc) is 3.04. The van der Waals surface area contributed by atoms with E-state index in [1.54, 1.807) is 59.0 Å². The second kappa shape index (κ2) is 20.3. The van der Waals surface area contributed by atoms with Crippen LogP contribution >= 0.6 is 11.6 Å². The molecule has 15 nitrogen and oxygen atoms in total. The first-order chi connectivity index (χ1) is 23.6. The Morgan fingerprint density at radius 2 is 1.63 bits per heavy atom. The number of hydrogen-bond donors (Lipinski definition) is 7. The summed E-state index contributed by atoms with van der Waals surface area (Å²) < 4.78 is 31.7. The molecule has 0 unspecified atom stereocenters. The number of amides is 5. The van der Waals surface area contributed by atoms with E-state index in [9.17, 15) is 37.1 Å². The summed E-state index contributed by atoms with van der Waals surface area (Å²) >= 11 is 6.06. The Balaban J connectivity index is 0.00000167. The van der Waals surface area contributed by atoms with Crippen molar-refractivity contribution in [3.8, 4) is 0 Å². The zero-order valence-electron chi connectivity index (χ0n) is 29.2. The van der Waals surface area contributed by atoms with Crippen LogP contribution in [0.5, 0.6) is 0 Å². The number of nitrogens with one attached hydrogen (secondary N) is 4. The Hall–Kier alpha value is -4.61. The summed E-state index contributed by atoms with van der Waals surface area (Å²) in [5.74, 6) is -5.59. The first-order valence-corrected chi connectivity index (χ1v) is 16.6. The lowest BCUT2D eigenvalue weighted by Gasteiger charge is -2.33. The number of rotatable bonds is 8. The highest BCUT2D eigenvalue weighted by Crippen LogP contribution is 2.21. The van der Waals surface area contributed by atoms with Gasteiger partial charge in [-0.2, -0.15) is 13.2 Å². The van der Waals surface area contributed by atoms with Crippen molar-refractivity contribution in [2.45, 2.75) is 96.1 Å². The highest BCUT2D eigenvalue weighted by Gasteiger charge is 2.39. The van der Waals surface area contributed by atoms with Gasteiger partial charge in [-0.15, -0.1) is 0 Å². The van der Waals surface area contributed by atoms with Gasteiger partial charge >= 0.3 is 12.1 Å². The summed E-state index contributed by atoms with van der Waals surface area (Å²) in [6, 6.07) is 3.53. The Labute approximate surface area is 299 Å². The molecule has 0 saturated carbocycles. The van der Waals surface area contributed by atoms with Gasteiger partial charge in [0.15, 0.2) is 5.96 Å². The second-order valence-electron chi connectivity index (χ2n) is 12.4. The molecule has 0 radical (unpaired) electrons. The van der Waals surface area contributed by atoms with E-state index in [1.807, 2.05) is 0 Å². The monoisotopic (exact) mass is 748 g/mol. The number of hydrogen-bond acceptors (Lipinski definition) is 7. The summed E-state index contributed by atoms with van der Waals surface area (Å²) in [7, 11) is 1.64. The molecule has 1 aliphatic rings. The fraction of sp³-hybridized carbons (Fsp3) is 0.594. The van der Waals surface area contributed by atoms with Gasteiger partial charge in [0.25, 0.3) is 0 Å². The van der Waals surface area contributed by atoms with Crippen molar-refractivity contribution >= 4 is 53.1 Å². The molecule has 51 heavy (non-hydrogen) atoms. The molecule has 4 atom stereocenters. The smallest absolute Gasteiger partial charge is 0.475 e. The van der Waals surface area contributed by atoms with E-state index in [2.05, 4.69) is 26.3 Å². The van der Waals surface area contributed by atoms with Crippen LogP contribution in [0, 0.1) is 5.92 Å². The maximum absolute atomic E-state index is 13.7. The topological polar surface area (TPSA) is 238 Å². The van der Waals surface area contributed by atoms with Crippen LogP contribution in [0.25, 0.3) is 0 Å². The Bertz CT molecular complexity index is 1410. The predicted molar refractivity (Wildman–Crippen MR) is 183 cm³/mol. The van der Waals surface area contributed by atoms with Gasteiger partial charge in [-0.3, -0.25) is 29.0 Å². The number of aliphatic carboxylic acids is 1. The molecule has 0 spiro atoms. The third-order valence-corrected chi connectivity index (χ3v) is 8.06. The molecule has 0 bridgehead atoms. The summed E-state index contributed by atoms with van der Waals surface area (Å²) in [6.07, 6.45) is -3.09. The number of carbonyl (C=O) groups excluding carboxylic acids is 5. The van der Waals surface area contributed by atoms with E-state index in [4.69, 9.17) is 33.0 Å². The molecule has 1 fully saturated rings. The molecule has 5 amide bonds. The quantitative estimate of drug-likeness (QED) is 0.116. The highest BCUT2D eigenvalue weighted by atomic mass is 35.5. The molecule has 1 saturated heterocycles. The molecule has 1 heterocycles. The third kappa shape index (κ3) is 15.0. The van der Waals surface area contributed by atoms with Crippen LogP contribution in [0.1, 0.15) is 77.8 Å². The minimum absolute atomic E-state index is 0.0985. The normalized spacial score (nSPS) is 22.5. The third-order valence-electron chi connectivity index (χ3n) is 7.81. The van der Waals surface area contributed by atoms with E-state index >= 15 is 0 Å². The van der Waals surface area contributed by atoms with Crippen LogP contribution in [0.4, 0.5) is 13.2 Å². The number of alkyl halides is 3. The summed E-state index contributed by atoms with van der Waals surface area (Å²) in [4.78, 5) is 81.5. The minimum Gasteiger partial charge on any atom is -0.475 e. The van der Waals surface area contributed by atoms with Crippen molar-refractivity contribution in [3.05, 3.63) is 34.9 Å². The van der Waals surface area contributed by atoms with Crippen molar-refractivity contribution in [3.63, 3.8) is 0 Å². The number of carbonyl (C=O) groups is 6. The van der Waals surface area contributed by atoms with Crippen LogP contribution in [0.2, 0.25) is 5.02 Å². The lowest BCUT2D eigenvalue weighted by atomic mass is 9.91. The van der Waals surface area contributed by atoms with Crippen molar-refractivity contribution in [1.29, 1.82) is 0 Å². The van der Waals surface area contributed by atoms with E-state index in [1.165, 1.54) is 4.90 Å². The van der Waals surface area contributed by atoms with Crippen molar-refractivity contribution in [2.24, 2.45) is 22.4 Å². The van der Waals surface area contributed by atoms with Gasteiger partial charge < -0.3 is 42.7 Å². The van der Waals surface area contributed by atoms with Gasteiger partial charge in [-0.25, -0.2) is 4.79 Å². The van der Waals surface area contributed by atoms with Crippen molar-refractivity contribution < 1.29 is 47.0 Å². The molecule has 19 heteroatoms. The van der Waals surface area contributed by atoms with E-state index in [-0.39, 0.29) is 49.5 Å². The second-order valence-corrected chi connectivity index (χ2v) is 12.9. The number of likely N-dealkylation sites (N-methyl/N-ethyl adjacent to an activating group) is 1. The zero-order chi connectivity index (χ0) is 39.1. The molecule has 1 aliphatic heterocycles. The molecule has 1 aromatic carbocycles. The summed E-state index contributed by atoms with van der Waals surface area (Å²) in [6.45, 7) is 7.35. The largest absolute Gasteiger partial charge is 0.490 e. The number of halogens is 4. The number of nitrogens with two attached hydrogens (primary N) is 2. The van der Waals surface area contributed by atoms with E-state index < -0.39 is 53.5 Å². The Kier molecular flexibility index (Phi) is 17.7. The highest BCUT2D eigenvalue weighted by molar-refractivity contribution is 6.30. The van der Waals surface area contributed by atoms with E-state index in [0.717, 1.165) is 0 Å². The number of guanidine groups is 1. The fourth-order valence-electron chi connectivity index (χ4n) is 4.71. The molecular formula is C32H48ClF3N8O7. The van der Waals surface area contributed by atoms with Gasteiger partial charge in [0, 0.05) is 31.1 Å². The van der Waals surface area contributed by atoms with Gasteiger partial charge in [0.1, 0.15) is 23.7 Å². The zero-order valence-corrected chi connectivity index (χ0v) is 30.0. The number of benzene rings is 1. The van der Waals surface area contributed by atoms with Crippen molar-refractivity contribution in [1.82, 2.24) is 26.2 Å². The molecule has 9 N–H and O–H groups in total. The molecule has 1 aromatic rings. The van der Waals surface area contributed by atoms with Gasteiger partial charge in [-0.1, -0.05) is 44.5 Å². The summed E-state index contributed by atoms with van der Waals surface area (Å²) in [5, 5.41) is 18.8. The first-order valence-electron chi connectivity index (χ1n) is 16.2.